The summed E-state index contributed by atoms with van der Waals surface area (Å²) in [7, 11) is -2.30. The van der Waals surface area contributed by atoms with Gasteiger partial charge in [0.2, 0.25) is 0 Å². The van der Waals surface area contributed by atoms with Crippen LogP contribution in [0.1, 0.15) is 49.3 Å². The van der Waals surface area contributed by atoms with Crippen molar-refractivity contribution in [1.29, 1.82) is 0 Å². The Morgan fingerprint density at radius 3 is 2.29 bits per heavy atom. The molecule has 6 rings (SSSR count). The van der Waals surface area contributed by atoms with E-state index in [1.807, 2.05) is 65.3 Å². The van der Waals surface area contributed by atoms with Crippen LogP contribution in [0.15, 0.2) is 96.2 Å². The number of hydrogen-bond acceptors (Lipinski definition) is 6. The maximum Gasteiger partial charge on any atom is 0.262 e. The second kappa shape index (κ2) is 11.6. The van der Waals surface area contributed by atoms with E-state index in [4.69, 9.17) is 14.5 Å². The summed E-state index contributed by atoms with van der Waals surface area (Å²) in [6, 6.07) is 24.4. The molecule has 0 saturated heterocycles. The first-order valence-corrected chi connectivity index (χ1v) is 15.3. The predicted molar refractivity (Wildman–Crippen MR) is 159 cm³/mol. The lowest BCUT2D eigenvalue weighted by Crippen LogP contribution is -2.14. The zero-order valence-corrected chi connectivity index (χ0v) is 23.7. The number of methoxy groups -OCH3 is 1. The molecule has 2 aromatic heterocycles. The molecule has 0 spiro atoms. The van der Waals surface area contributed by atoms with Crippen LogP contribution in [0.5, 0.6) is 11.5 Å². The molecule has 2 heterocycles. The number of ether oxygens (including phenoxy) is 2. The summed E-state index contributed by atoms with van der Waals surface area (Å²) < 4.78 is 42.0. The Morgan fingerprint density at radius 2 is 1.59 bits per heavy atom. The number of hydrogen-bond donors (Lipinski definition) is 1. The van der Waals surface area contributed by atoms with Gasteiger partial charge in [-0.1, -0.05) is 61.7 Å². The molecule has 1 aliphatic carbocycles. The fourth-order valence-electron chi connectivity index (χ4n) is 5.44. The van der Waals surface area contributed by atoms with E-state index >= 15 is 0 Å². The van der Waals surface area contributed by atoms with Crippen LogP contribution in [-0.4, -0.2) is 30.1 Å². The molecule has 0 aliphatic heterocycles. The number of sulfonamides is 1. The van der Waals surface area contributed by atoms with Crippen molar-refractivity contribution in [2.45, 2.75) is 49.5 Å². The molecule has 9 heteroatoms. The summed E-state index contributed by atoms with van der Waals surface area (Å²) in [5.74, 6) is 1.67. The van der Waals surface area contributed by atoms with Crippen LogP contribution in [0.4, 0.5) is 5.69 Å². The lowest BCUT2D eigenvalue weighted by molar-refractivity contribution is 0.306. The van der Waals surface area contributed by atoms with E-state index in [9.17, 15) is 8.42 Å². The minimum Gasteiger partial charge on any atom is -0.497 e. The quantitative estimate of drug-likeness (QED) is 0.209. The van der Waals surface area contributed by atoms with Crippen LogP contribution < -0.4 is 14.2 Å². The standard InChI is InChI=1S/C32H32N4O4S/c1-39-26-16-18-28(19-17-26)41(37,38)35-30-21-34-36-31(25-10-6-3-7-11-25)29(20-33-32(30)36)24-12-14-27(15-13-24)40-22-23-8-4-2-5-9-23/h2,4-5,8-9,12-21,25,35H,3,6-7,10-11,22H2,1H3. The van der Waals surface area contributed by atoms with Gasteiger partial charge in [0.15, 0.2) is 5.65 Å². The van der Waals surface area contributed by atoms with Gasteiger partial charge < -0.3 is 9.47 Å². The summed E-state index contributed by atoms with van der Waals surface area (Å²) in [6.45, 7) is 0.503. The smallest absolute Gasteiger partial charge is 0.262 e. The van der Waals surface area contributed by atoms with E-state index in [1.54, 1.807) is 25.4 Å². The molecule has 1 fully saturated rings. The lowest BCUT2D eigenvalue weighted by atomic mass is 9.84. The van der Waals surface area contributed by atoms with Crippen molar-refractivity contribution in [2.24, 2.45) is 0 Å². The zero-order valence-electron chi connectivity index (χ0n) is 22.9. The molecule has 1 aliphatic rings. The van der Waals surface area contributed by atoms with E-state index < -0.39 is 10.0 Å². The highest BCUT2D eigenvalue weighted by Gasteiger charge is 2.25. The molecule has 0 amide bonds. The van der Waals surface area contributed by atoms with Gasteiger partial charge in [-0.15, -0.1) is 0 Å². The molecule has 210 valence electrons. The summed E-state index contributed by atoms with van der Waals surface area (Å²) in [5.41, 5.74) is 5.00. The molecule has 0 radical (unpaired) electrons. The number of anilines is 1. The van der Waals surface area contributed by atoms with Crippen molar-refractivity contribution in [3.05, 3.63) is 103 Å². The van der Waals surface area contributed by atoms with E-state index in [-0.39, 0.29) is 4.90 Å². The van der Waals surface area contributed by atoms with Gasteiger partial charge >= 0.3 is 0 Å². The number of fused-ring (bicyclic) bond motifs is 1. The molecule has 0 bridgehead atoms. The van der Waals surface area contributed by atoms with Gasteiger partial charge in [-0.25, -0.2) is 17.9 Å². The number of aromatic nitrogens is 3. The third-order valence-corrected chi connectivity index (χ3v) is 8.96. The second-order valence-corrected chi connectivity index (χ2v) is 11.9. The Balaban J connectivity index is 1.32. The Labute approximate surface area is 240 Å². The maximum absolute atomic E-state index is 13.2. The largest absolute Gasteiger partial charge is 0.497 e. The van der Waals surface area contributed by atoms with Crippen LogP contribution in [-0.2, 0) is 16.6 Å². The van der Waals surface area contributed by atoms with E-state index in [0.717, 1.165) is 53.8 Å². The van der Waals surface area contributed by atoms with Crippen molar-refractivity contribution in [2.75, 3.05) is 11.8 Å². The SMILES string of the molecule is COc1ccc(S(=O)(=O)Nc2cnn3c(C4CCCCC4)c(-c4ccc(OCc5ccccc5)cc4)cnc23)cc1. The third-order valence-electron chi connectivity index (χ3n) is 7.58. The Bertz CT molecular complexity index is 1730. The fourth-order valence-corrected chi connectivity index (χ4v) is 6.49. The average molecular weight is 569 g/mol. The van der Waals surface area contributed by atoms with Gasteiger partial charge in [-0.05, 0) is 60.4 Å². The van der Waals surface area contributed by atoms with E-state index in [1.165, 1.54) is 18.6 Å². The summed E-state index contributed by atoms with van der Waals surface area (Å²) in [4.78, 5) is 4.83. The van der Waals surface area contributed by atoms with Crippen LogP contribution in [0.25, 0.3) is 16.8 Å². The van der Waals surface area contributed by atoms with Gasteiger partial charge in [-0.3, -0.25) is 4.72 Å². The van der Waals surface area contributed by atoms with Crippen molar-refractivity contribution in [1.82, 2.24) is 14.6 Å². The highest BCUT2D eigenvalue weighted by Crippen LogP contribution is 2.39. The Hall–Kier alpha value is -4.37. The van der Waals surface area contributed by atoms with Crippen LogP contribution in [0.3, 0.4) is 0 Å². The van der Waals surface area contributed by atoms with Gasteiger partial charge in [0.1, 0.15) is 23.8 Å². The molecule has 1 saturated carbocycles. The van der Waals surface area contributed by atoms with Crippen LogP contribution in [0.2, 0.25) is 0 Å². The van der Waals surface area contributed by atoms with Crippen molar-refractivity contribution < 1.29 is 17.9 Å². The van der Waals surface area contributed by atoms with Crippen molar-refractivity contribution in [3.8, 4) is 22.6 Å². The molecule has 0 unspecified atom stereocenters. The molecule has 1 N–H and O–H groups in total. The first-order chi connectivity index (χ1) is 20.0. The van der Waals surface area contributed by atoms with Gasteiger partial charge in [0, 0.05) is 17.7 Å². The molecule has 3 aromatic carbocycles. The zero-order chi connectivity index (χ0) is 28.2. The van der Waals surface area contributed by atoms with Crippen LogP contribution >= 0.6 is 0 Å². The minimum atomic E-state index is -3.84. The van der Waals surface area contributed by atoms with Crippen molar-refractivity contribution in [3.63, 3.8) is 0 Å². The third kappa shape index (κ3) is 5.76. The summed E-state index contributed by atoms with van der Waals surface area (Å²) in [6.07, 6.45) is 9.01. The molecular formula is C32H32N4O4S. The monoisotopic (exact) mass is 568 g/mol. The topological polar surface area (TPSA) is 94.8 Å². The van der Waals surface area contributed by atoms with Crippen molar-refractivity contribution >= 4 is 21.4 Å². The Morgan fingerprint density at radius 1 is 0.878 bits per heavy atom. The van der Waals surface area contributed by atoms with Gasteiger partial charge in [-0.2, -0.15) is 5.10 Å². The fraction of sp³-hybridized carbons (Fsp3) is 0.250. The minimum absolute atomic E-state index is 0.136. The molecule has 0 atom stereocenters. The van der Waals surface area contributed by atoms with Gasteiger partial charge in [0.05, 0.1) is 23.9 Å². The summed E-state index contributed by atoms with van der Waals surface area (Å²) >= 11 is 0. The maximum atomic E-state index is 13.2. The molecule has 8 nitrogen and oxygen atoms in total. The molecule has 41 heavy (non-hydrogen) atoms. The number of nitrogens with zero attached hydrogens (tertiary/aromatic N) is 3. The first kappa shape index (κ1) is 26.8. The van der Waals surface area contributed by atoms with E-state index in [0.29, 0.717) is 29.6 Å². The second-order valence-electron chi connectivity index (χ2n) is 10.3. The number of rotatable bonds is 9. The Kier molecular flexibility index (Phi) is 7.61. The number of benzene rings is 3. The van der Waals surface area contributed by atoms with Gasteiger partial charge in [0.25, 0.3) is 10.0 Å². The van der Waals surface area contributed by atoms with Crippen LogP contribution in [0, 0.1) is 0 Å². The van der Waals surface area contributed by atoms with E-state index in [2.05, 4.69) is 9.82 Å². The molecular weight excluding hydrogens is 536 g/mol. The highest BCUT2D eigenvalue weighted by atomic mass is 32.2. The normalized spacial score (nSPS) is 14.2. The first-order valence-electron chi connectivity index (χ1n) is 13.8. The average Bonchev–Trinajstić information content (AvgIpc) is 3.42. The summed E-state index contributed by atoms with van der Waals surface area (Å²) in [5, 5.41) is 4.65. The number of nitrogens with one attached hydrogen (secondary N) is 1. The predicted octanol–water partition coefficient (Wildman–Crippen LogP) is 6.83. The lowest BCUT2D eigenvalue weighted by Gasteiger charge is -2.25. The highest BCUT2D eigenvalue weighted by molar-refractivity contribution is 7.92. The molecule has 5 aromatic rings.